The van der Waals surface area contributed by atoms with Gasteiger partial charge in [0.2, 0.25) is 0 Å². The third-order valence-corrected chi connectivity index (χ3v) is 3.12. The summed E-state index contributed by atoms with van der Waals surface area (Å²) in [5.41, 5.74) is 0. The van der Waals surface area contributed by atoms with Crippen molar-refractivity contribution in [1.29, 1.82) is 0 Å². The first-order chi connectivity index (χ1) is 5.61. The van der Waals surface area contributed by atoms with Crippen LogP contribution in [0.2, 0.25) is 0 Å². The Balaban J connectivity index is 2.44. The molecule has 0 radical (unpaired) electrons. The minimum atomic E-state index is -0.934. The molecule has 1 amide bonds. The average molecular weight is 191 g/mol. The highest BCUT2D eigenvalue weighted by Crippen LogP contribution is 2.02. The van der Waals surface area contributed by atoms with Crippen LogP contribution in [-0.2, 0) is 15.6 Å². The second-order valence-corrected chi connectivity index (χ2v) is 4.55. The van der Waals surface area contributed by atoms with E-state index in [2.05, 4.69) is 0 Å². The Morgan fingerprint density at radius 2 is 2.00 bits per heavy atom. The molecular weight excluding hydrogens is 178 g/mol. The molecule has 1 saturated heterocycles. The van der Waals surface area contributed by atoms with Gasteiger partial charge in [0.05, 0.1) is 0 Å². The van der Waals surface area contributed by atoms with E-state index < -0.39 is 16.9 Å². The average Bonchev–Trinajstić information content (AvgIpc) is 2.04. The van der Waals surface area contributed by atoms with Gasteiger partial charge in [-0.25, -0.2) is 0 Å². The molecule has 0 aromatic heterocycles. The summed E-state index contributed by atoms with van der Waals surface area (Å²) in [6.45, 7) is 2.47. The molecule has 0 bridgehead atoms. The van der Waals surface area contributed by atoms with Gasteiger partial charge in [0.25, 0.3) is 5.91 Å². The van der Waals surface area contributed by atoms with E-state index in [1.165, 1.54) is 6.92 Å². The first-order valence-corrected chi connectivity index (χ1v) is 5.42. The van der Waals surface area contributed by atoms with E-state index in [9.17, 15) is 9.00 Å². The van der Waals surface area contributed by atoms with Crippen LogP contribution in [0.4, 0.5) is 0 Å². The molecule has 1 N–H and O–H groups in total. The van der Waals surface area contributed by atoms with Crippen LogP contribution in [0.1, 0.15) is 6.92 Å². The van der Waals surface area contributed by atoms with Crippen LogP contribution in [0.25, 0.3) is 0 Å². The van der Waals surface area contributed by atoms with Gasteiger partial charge in [-0.1, -0.05) is 0 Å². The summed E-state index contributed by atoms with van der Waals surface area (Å²) < 4.78 is 10.9. The fraction of sp³-hybridized carbons (Fsp3) is 0.857. The zero-order valence-electron chi connectivity index (χ0n) is 7.02. The highest BCUT2D eigenvalue weighted by atomic mass is 32.2. The number of rotatable bonds is 1. The first kappa shape index (κ1) is 9.67. The van der Waals surface area contributed by atoms with Gasteiger partial charge in [0, 0.05) is 35.4 Å². The standard InChI is InChI=1S/C7H13NO3S/c1-6(9)7(10)8-2-4-12(11)5-3-8/h6,9H,2-5H2,1H3/t6-/m1/s1. The molecule has 4 nitrogen and oxygen atoms in total. The Morgan fingerprint density at radius 1 is 1.50 bits per heavy atom. The maximum Gasteiger partial charge on any atom is 0.251 e. The van der Waals surface area contributed by atoms with Crippen molar-refractivity contribution in [2.45, 2.75) is 13.0 Å². The highest BCUT2D eigenvalue weighted by Gasteiger charge is 2.22. The Kier molecular flexibility index (Phi) is 3.22. The molecule has 0 aromatic rings. The Labute approximate surface area is 74.0 Å². The zero-order valence-corrected chi connectivity index (χ0v) is 7.84. The van der Waals surface area contributed by atoms with E-state index in [1.54, 1.807) is 4.90 Å². The van der Waals surface area contributed by atoms with E-state index >= 15 is 0 Å². The number of aliphatic hydroxyl groups excluding tert-OH is 1. The number of aliphatic hydroxyl groups is 1. The SMILES string of the molecule is C[C@@H](O)C(=O)N1CCS(=O)CC1. The van der Waals surface area contributed by atoms with Gasteiger partial charge in [-0.05, 0) is 6.92 Å². The molecule has 0 aromatic carbocycles. The predicted octanol–water partition coefficient (Wildman–Crippen LogP) is -1.04. The lowest BCUT2D eigenvalue weighted by atomic mass is 10.3. The van der Waals surface area contributed by atoms with Crippen LogP contribution >= 0.6 is 0 Å². The molecule has 1 atom stereocenters. The van der Waals surface area contributed by atoms with Crippen molar-refractivity contribution < 1.29 is 14.1 Å². The van der Waals surface area contributed by atoms with E-state index in [0.717, 1.165) is 0 Å². The van der Waals surface area contributed by atoms with Crippen LogP contribution in [0.15, 0.2) is 0 Å². The lowest BCUT2D eigenvalue weighted by Crippen LogP contribution is -2.45. The van der Waals surface area contributed by atoms with E-state index in [4.69, 9.17) is 5.11 Å². The van der Waals surface area contributed by atoms with Gasteiger partial charge in [0.15, 0.2) is 0 Å². The molecule has 0 unspecified atom stereocenters. The lowest BCUT2D eigenvalue weighted by Gasteiger charge is -2.27. The summed E-state index contributed by atoms with van der Waals surface area (Å²) >= 11 is 0. The van der Waals surface area contributed by atoms with Crippen molar-refractivity contribution in [1.82, 2.24) is 4.90 Å². The van der Waals surface area contributed by atoms with Gasteiger partial charge in [-0.15, -0.1) is 0 Å². The number of carbonyl (C=O) groups is 1. The number of hydrogen-bond acceptors (Lipinski definition) is 3. The molecule has 1 fully saturated rings. The molecule has 1 heterocycles. The first-order valence-electron chi connectivity index (χ1n) is 3.93. The van der Waals surface area contributed by atoms with E-state index in [1.807, 2.05) is 0 Å². The number of nitrogens with zero attached hydrogens (tertiary/aromatic N) is 1. The number of hydrogen-bond donors (Lipinski definition) is 1. The minimum Gasteiger partial charge on any atom is -0.384 e. The maximum atomic E-state index is 11.2. The molecule has 12 heavy (non-hydrogen) atoms. The second-order valence-electron chi connectivity index (χ2n) is 2.85. The van der Waals surface area contributed by atoms with Crippen LogP contribution in [-0.4, -0.2) is 50.8 Å². The molecule has 0 spiro atoms. The van der Waals surface area contributed by atoms with Gasteiger partial charge >= 0.3 is 0 Å². The number of carbonyl (C=O) groups excluding carboxylic acids is 1. The van der Waals surface area contributed by atoms with Gasteiger partial charge in [0.1, 0.15) is 6.10 Å². The van der Waals surface area contributed by atoms with E-state index in [0.29, 0.717) is 24.6 Å². The molecule has 0 saturated carbocycles. The van der Waals surface area contributed by atoms with Crippen molar-refractivity contribution in [3.8, 4) is 0 Å². The zero-order chi connectivity index (χ0) is 9.14. The molecule has 5 heteroatoms. The second kappa shape index (κ2) is 4.00. The molecular formula is C7H13NO3S. The quantitative estimate of drug-likeness (QED) is 0.576. The topological polar surface area (TPSA) is 57.6 Å². The van der Waals surface area contributed by atoms with Crippen LogP contribution < -0.4 is 0 Å². The summed E-state index contributed by atoms with van der Waals surface area (Å²) in [6, 6.07) is 0. The Hall–Kier alpha value is -0.420. The van der Waals surface area contributed by atoms with Crippen molar-refractivity contribution in [2.24, 2.45) is 0 Å². The van der Waals surface area contributed by atoms with Crippen molar-refractivity contribution >= 4 is 16.7 Å². The maximum absolute atomic E-state index is 11.2. The molecule has 0 aliphatic carbocycles. The Bertz CT molecular complexity index is 195. The third-order valence-electron chi connectivity index (χ3n) is 1.85. The van der Waals surface area contributed by atoms with Gasteiger partial charge in [-0.2, -0.15) is 0 Å². The fourth-order valence-electron chi connectivity index (χ4n) is 1.12. The monoisotopic (exact) mass is 191 g/mol. The Morgan fingerprint density at radius 3 is 2.42 bits per heavy atom. The number of amides is 1. The van der Waals surface area contributed by atoms with Crippen molar-refractivity contribution in [3.05, 3.63) is 0 Å². The fourth-order valence-corrected chi connectivity index (χ4v) is 2.17. The van der Waals surface area contributed by atoms with Crippen LogP contribution in [0, 0.1) is 0 Å². The van der Waals surface area contributed by atoms with Crippen LogP contribution in [0.3, 0.4) is 0 Å². The molecule has 1 rings (SSSR count). The summed E-state index contributed by atoms with van der Waals surface area (Å²) in [6.07, 6.45) is -0.934. The predicted molar refractivity (Wildman–Crippen MR) is 46.1 cm³/mol. The molecule has 70 valence electrons. The lowest BCUT2D eigenvalue weighted by molar-refractivity contribution is -0.138. The van der Waals surface area contributed by atoms with Gasteiger partial charge < -0.3 is 10.0 Å². The third kappa shape index (κ3) is 2.28. The van der Waals surface area contributed by atoms with Crippen LogP contribution in [0.5, 0.6) is 0 Å². The smallest absolute Gasteiger partial charge is 0.251 e. The highest BCUT2D eigenvalue weighted by molar-refractivity contribution is 7.85. The largest absolute Gasteiger partial charge is 0.384 e. The van der Waals surface area contributed by atoms with E-state index in [-0.39, 0.29) is 5.91 Å². The van der Waals surface area contributed by atoms with Gasteiger partial charge in [-0.3, -0.25) is 9.00 Å². The summed E-state index contributed by atoms with van der Waals surface area (Å²) in [4.78, 5) is 12.7. The van der Waals surface area contributed by atoms with Crippen molar-refractivity contribution in [2.75, 3.05) is 24.6 Å². The van der Waals surface area contributed by atoms with Crippen molar-refractivity contribution in [3.63, 3.8) is 0 Å². The summed E-state index contributed by atoms with van der Waals surface area (Å²) in [5.74, 6) is 0.823. The normalized spacial score (nSPS) is 22.3. The molecule has 1 aliphatic heterocycles. The minimum absolute atomic E-state index is 0.258. The summed E-state index contributed by atoms with van der Waals surface area (Å²) in [5, 5.41) is 8.97. The summed E-state index contributed by atoms with van der Waals surface area (Å²) in [7, 11) is -0.766. The molecule has 1 aliphatic rings.